The van der Waals surface area contributed by atoms with Crippen molar-refractivity contribution in [1.29, 1.82) is 0 Å². The number of nitrogens with zero attached hydrogens (tertiary/aromatic N) is 1. The number of hydrogen-bond acceptors (Lipinski definition) is 4. The van der Waals surface area contributed by atoms with Gasteiger partial charge in [0.25, 0.3) is 5.91 Å². The zero-order chi connectivity index (χ0) is 17.8. The Hall–Kier alpha value is -2.44. The molecule has 0 bridgehead atoms. The van der Waals surface area contributed by atoms with Gasteiger partial charge in [-0.3, -0.25) is 9.69 Å². The van der Waals surface area contributed by atoms with Gasteiger partial charge in [-0.05, 0) is 36.4 Å². The smallest absolute Gasteiger partial charge is 0.414 e. The number of benzene rings is 2. The van der Waals surface area contributed by atoms with Gasteiger partial charge in [0.2, 0.25) is 0 Å². The lowest BCUT2D eigenvalue weighted by molar-refractivity contribution is -0.118. The highest BCUT2D eigenvalue weighted by atomic mass is 35.5. The predicted octanol–water partition coefficient (Wildman–Crippen LogP) is 3.97. The Morgan fingerprint density at radius 2 is 1.96 bits per heavy atom. The van der Waals surface area contributed by atoms with E-state index in [-0.39, 0.29) is 18.6 Å². The van der Waals surface area contributed by atoms with Crippen molar-refractivity contribution in [3.63, 3.8) is 0 Å². The lowest BCUT2D eigenvalue weighted by atomic mass is 10.2. The quantitative estimate of drug-likeness (QED) is 0.851. The summed E-state index contributed by atoms with van der Waals surface area (Å²) < 4.78 is 10.3. The van der Waals surface area contributed by atoms with Crippen molar-refractivity contribution >= 4 is 46.6 Å². The van der Waals surface area contributed by atoms with Gasteiger partial charge in [0.1, 0.15) is 12.4 Å². The van der Waals surface area contributed by atoms with Crippen LogP contribution in [0.25, 0.3) is 0 Å². The van der Waals surface area contributed by atoms with Crippen molar-refractivity contribution in [2.24, 2.45) is 0 Å². The normalized spacial score (nSPS) is 13.5. The van der Waals surface area contributed by atoms with E-state index in [1.807, 2.05) is 0 Å². The molecule has 2 amide bonds. The number of nitrogens with one attached hydrogen (secondary N) is 1. The number of anilines is 2. The van der Waals surface area contributed by atoms with Crippen LogP contribution in [0.5, 0.6) is 5.75 Å². The Labute approximate surface area is 154 Å². The molecule has 2 aromatic carbocycles. The summed E-state index contributed by atoms with van der Waals surface area (Å²) in [6, 6.07) is 11.6. The highest BCUT2D eigenvalue weighted by Gasteiger charge is 2.23. The number of hydrogen-bond donors (Lipinski definition) is 1. The van der Waals surface area contributed by atoms with Gasteiger partial charge < -0.3 is 14.8 Å². The van der Waals surface area contributed by atoms with Gasteiger partial charge in [-0.1, -0.05) is 23.2 Å². The zero-order valence-electron chi connectivity index (χ0n) is 13.0. The maximum Gasteiger partial charge on any atom is 0.414 e. The van der Waals surface area contributed by atoms with Gasteiger partial charge in [0, 0.05) is 22.5 Å². The molecule has 3 rings (SSSR count). The number of rotatable bonds is 5. The Morgan fingerprint density at radius 1 is 1.20 bits per heavy atom. The molecule has 0 unspecified atom stereocenters. The van der Waals surface area contributed by atoms with Crippen LogP contribution in [0.4, 0.5) is 16.2 Å². The van der Waals surface area contributed by atoms with Gasteiger partial charge in [-0.15, -0.1) is 0 Å². The maximum absolute atomic E-state index is 12.0. The molecule has 1 aliphatic rings. The molecular formula is C17H14Cl2N2O4. The molecule has 1 N–H and O–H groups in total. The van der Waals surface area contributed by atoms with E-state index in [1.165, 1.54) is 4.90 Å². The van der Waals surface area contributed by atoms with E-state index in [4.69, 9.17) is 32.7 Å². The standard InChI is InChI=1S/C17H14Cl2N2O4/c18-11-1-6-14(19)15(9-11)25-10-16(22)20-12-2-4-13(5-3-12)21-7-8-24-17(21)23/h1-6,9H,7-8,10H2,(H,20,22). The molecule has 0 radical (unpaired) electrons. The third-order valence-corrected chi connectivity index (χ3v) is 4.02. The fraction of sp³-hybridized carbons (Fsp3) is 0.176. The summed E-state index contributed by atoms with van der Waals surface area (Å²) in [4.78, 5) is 25.0. The highest BCUT2D eigenvalue weighted by Crippen LogP contribution is 2.27. The van der Waals surface area contributed by atoms with Crippen molar-refractivity contribution in [2.75, 3.05) is 30.0 Å². The van der Waals surface area contributed by atoms with Crippen LogP contribution in [0, 0.1) is 0 Å². The lowest BCUT2D eigenvalue weighted by Gasteiger charge is -2.13. The van der Waals surface area contributed by atoms with Crippen LogP contribution in [0.3, 0.4) is 0 Å². The van der Waals surface area contributed by atoms with Crippen LogP contribution >= 0.6 is 23.2 Å². The molecule has 0 aromatic heterocycles. The van der Waals surface area contributed by atoms with Crippen molar-refractivity contribution in [3.8, 4) is 5.75 Å². The van der Waals surface area contributed by atoms with E-state index in [0.29, 0.717) is 40.3 Å². The summed E-state index contributed by atoms with van der Waals surface area (Å²) in [6.07, 6.45) is -0.372. The number of carbonyl (C=O) groups is 2. The molecule has 25 heavy (non-hydrogen) atoms. The molecule has 1 saturated heterocycles. The second-order valence-electron chi connectivity index (χ2n) is 5.22. The van der Waals surface area contributed by atoms with E-state index in [2.05, 4.69) is 5.32 Å². The van der Waals surface area contributed by atoms with Crippen molar-refractivity contribution < 1.29 is 19.1 Å². The first-order chi connectivity index (χ1) is 12.0. The summed E-state index contributed by atoms with van der Waals surface area (Å²) in [7, 11) is 0. The summed E-state index contributed by atoms with van der Waals surface area (Å²) in [5.74, 6) is -0.00316. The summed E-state index contributed by atoms with van der Waals surface area (Å²) in [5, 5.41) is 3.54. The maximum atomic E-state index is 12.0. The van der Waals surface area contributed by atoms with Gasteiger partial charge in [-0.25, -0.2) is 4.79 Å². The molecule has 1 aliphatic heterocycles. The molecule has 0 spiro atoms. The van der Waals surface area contributed by atoms with E-state index in [1.54, 1.807) is 42.5 Å². The van der Waals surface area contributed by atoms with E-state index in [0.717, 1.165) is 0 Å². The fourth-order valence-corrected chi connectivity index (χ4v) is 2.62. The Balaban J connectivity index is 1.56. The largest absolute Gasteiger partial charge is 0.482 e. The summed E-state index contributed by atoms with van der Waals surface area (Å²) in [6.45, 7) is 0.680. The molecule has 0 saturated carbocycles. The summed E-state index contributed by atoms with van der Waals surface area (Å²) >= 11 is 11.8. The first-order valence-electron chi connectivity index (χ1n) is 7.45. The number of ether oxygens (including phenoxy) is 2. The van der Waals surface area contributed by atoms with Gasteiger partial charge in [-0.2, -0.15) is 0 Å². The first kappa shape index (κ1) is 17.4. The molecule has 1 fully saturated rings. The first-order valence-corrected chi connectivity index (χ1v) is 8.20. The molecule has 2 aromatic rings. The Kier molecular flexibility index (Phi) is 5.31. The van der Waals surface area contributed by atoms with Crippen LogP contribution in [0.15, 0.2) is 42.5 Å². The molecule has 8 heteroatoms. The number of carbonyl (C=O) groups excluding carboxylic acids is 2. The van der Waals surface area contributed by atoms with Crippen LogP contribution in [-0.4, -0.2) is 31.8 Å². The second-order valence-corrected chi connectivity index (χ2v) is 6.07. The highest BCUT2D eigenvalue weighted by molar-refractivity contribution is 6.34. The van der Waals surface area contributed by atoms with E-state index < -0.39 is 0 Å². The van der Waals surface area contributed by atoms with Gasteiger partial charge >= 0.3 is 6.09 Å². The average molecular weight is 381 g/mol. The van der Waals surface area contributed by atoms with Crippen LogP contribution < -0.4 is 15.0 Å². The third kappa shape index (κ3) is 4.35. The minimum absolute atomic E-state index is 0.208. The van der Waals surface area contributed by atoms with E-state index in [9.17, 15) is 9.59 Å². The molecule has 0 aliphatic carbocycles. The monoisotopic (exact) mass is 380 g/mol. The Morgan fingerprint density at radius 3 is 2.64 bits per heavy atom. The SMILES string of the molecule is O=C(COc1cc(Cl)ccc1Cl)Nc1ccc(N2CCOC2=O)cc1. The van der Waals surface area contributed by atoms with Crippen LogP contribution in [-0.2, 0) is 9.53 Å². The molecule has 130 valence electrons. The van der Waals surface area contributed by atoms with Crippen LogP contribution in [0.1, 0.15) is 0 Å². The third-order valence-electron chi connectivity index (χ3n) is 3.48. The van der Waals surface area contributed by atoms with E-state index >= 15 is 0 Å². The predicted molar refractivity (Wildman–Crippen MR) is 95.7 cm³/mol. The second kappa shape index (κ2) is 7.63. The molecule has 1 heterocycles. The van der Waals surface area contributed by atoms with Gasteiger partial charge in [0.05, 0.1) is 11.6 Å². The van der Waals surface area contributed by atoms with Crippen molar-refractivity contribution in [1.82, 2.24) is 0 Å². The minimum Gasteiger partial charge on any atom is -0.482 e. The Bertz CT molecular complexity index is 796. The fourth-order valence-electron chi connectivity index (χ4n) is 2.28. The molecular weight excluding hydrogens is 367 g/mol. The molecule has 0 atom stereocenters. The number of amides is 2. The lowest BCUT2D eigenvalue weighted by Crippen LogP contribution is -2.23. The average Bonchev–Trinajstić information content (AvgIpc) is 3.02. The van der Waals surface area contributed by atoms with Gasteiger partial charge in [0.15, 0.2) is 6.61 Å². The van der Waals surface area contributed by atoms with Crippen LogP contribution in [0.2, 0.25) is 10.0 Å². The van der Waals surface area contributed by atoms with Crippen molar-refractivity contribution in [2.45, 2.75) is 0 Å². The topological polar surface area (TPSA) is 67.9 Å². The van der Waals surface area contributed by atoms with Crippen molar-refractivity contribution in [3.05, 3.63) is 52.5 Å². The molecule has 6 nitrogen and oxygen atoms in total. The summed E-state index contributed by atoms with van der Waals surface area (Å²) in [5.41, 5.74) is 1.30. The zero-order valence-corrected chi connectivity index (χ0v) is 14.5. The number of halogens is 2. The number of cyclic esters (lactones) is 1. The minimum atomic E-state index is -0.372.